The van der Waals surface area contributed by atoms with Crippen LogP contribution < -0.4 is 14.8 Å². The molecule has 1 aromatic rings. The summed E-state index contributed by atoms with van der Waals surface area (Å²) in [5.41, 5.74) is 0. The number of ether oxygens (including phenoxy) is 2. The molecule has 84 valence electrons. The normalized spacial score (nSPS) is 10.4. The fourth-order valence-corrected chi connectivity index (χ4v) is 1.21. The van der Waals surface area contributed by atoms with E-state index in [1.807, 2.05) is 24.3 Å². The minimum Gasteiger partial charge on any atom is -0.497 e. The monoisotopic (exact) mass is 209 g/mol. The van der Waals surface area contributed by atoms with E-state index in [0.717, 1.165) is 18.0 Å². The largest absolute Gasteiger partial charge is 0.497 e. The molecule has 15 heavy (non-hydrogen) atoms. The van der Waals surface area contributed by atoms with Gasteiger partial charge in [-0.05, 0) is 12.1 Å². The number of methoxy groups -OCH3 is 1. The molecule has 0 unspecified atom stereocenters. The quantitative estimate of drug-likeness (QED) is 0.728. The highest BCUT2D eigenvalue weighted by atomic mass is 16.5. The zero-order valence-electron chi connectivity index (χ0n) is 9.62. The van der Waals surface area contributed by atoms with Crippen molar-refractivity contribution in [1.29, 1.82) is 0 Å². The van der Waals surface area contributed by atoms with Crippen LogP contribution in [0.4, 0.5) is 0 Å². The summed E-state index contributed by atoms with van der Waals surface area (Å²) in [6.45, 7) is 5.76. The summed E-state index contributed by atoms with van der Waals surface area (Å²) in [6.07, 6.45) is 0. The molecule has 0 saturated carbocycles. The smallest absolute Gasteiger partial charge is 0.123 e. The van der Waals surface area contributed by atoms with E-state index in [9.17, 15) is 0 Å². The van der Waals surface area contributed by atoms with Crippen molar-refractivity contribution in [1.82, 2.24) is 5.32 Å². The molecule has 0 aromatic heterocycles. The lowest BCUT2D eigenvalue weighted by atomic mass is 10.3. The maximum atomic E-state index is 5.56. The topological polar surface area (TPSA) is 30.5 Å². The maximum Gasteiger partial charge on any atom is 0.123 e. The van der Waals surface area contributed by atoms with Gasteiger partial charge in [0.15, 0.2) is 0 Å². The summed E-state index contributed by atoms with van der Waals surface area (Å²) in [4.78, 5) is 0. The van der Waals surface area contributed by atoms with E-state index < -0.39 is 0 Å². The summed E-state index contributed by atoms with van der Waals surface area (Å²) < 4.78 is 10.7. The van der Waals surface area contributed by atoms with Crippen LogP contribution in [0, 0.1) is 0 Å². The fraction of sp³-hybridized carbons (Fsp3) is 0.500. The second-order valence-electron chi connectivity index (χ2n) is 3.64. The number of hydrogen-bond acceptors (Lipinski definition) is 3. The van der Waals surface area contributed by atoms with Gasteiger partial charge < -0.3 is 14.8 Å². The van der Waals surface area contributed by atoms with E-state index in [2.05, 4.69) is 19.2 Å². The first kappa shape index (κ1) is 11.9. The lowest BCUT2D eigenvalue weighted by molar-refractivity contribution is 0.306. The Morgan fingerprint density at radius 1 is 1.27 bits per heavy atom. The van der Waals surface area contributed by atoms with Crippen molar-refractivity contribution in [3.05, 3.63) is 24.3 Å². The molecule has 0 saturated heterocycles. The summed E-state index contributed by atoms with van der Waals surface area (Å²) in [5.74, 6) is 1.67. The van der Waals surface area contributed by atoms with Gasteiger partial charge in [0.05, 0.1) is 7.11 Å². The predicted molar refractivity (Wildman–Crippen MR) is 61.6 cm³/mol. The van der Waals surface area contributed by atoms with Crippen LogP contribution in [0.5, 0.6) is 11.5 Å². The van der Waals surface area contributed by atoms with Gasteiger partial charge >= 0.3 is 0 Å². The first-order chi connectivity index (χ1) is 7.22. The molecule has 1 aromatic carbocycles. The highest BCUT2D eigenvalue weighted by Crippen LogP contribution is 2.18. The molecule has 3 heteroatoms. The molecule has 0 aliphatic rings. The number of benzene rings is 1. The third kappa shape index (κ3) is 4.70. The third-order valence-electron chi connectivity index (χ3n) is 1.96. The zero-order chi connectivity index (χ0) is 11.1. The minimum absolute atomic E-state index is 0.499. The van der Waals surface area contributed by atoms with Crippen LogP contribution in [-0.2, 0) is 0 Å². The Labute approximate surface area is 91.4 Å². The van der Waals surface area contributed by atoms with E-state index in [1.165, 1.54) is 0 Å². The Hall–Kier alpha value is -1.22. The van der Waals surface area contributed by atoms with Gasteiger partial charge in [0.2, 0.25) is 0 Å². The molecule has 0 amide bonds. The molecular formula is C12H19NO2. The second kappa shape index (κ2) is 6.30. The van der Waals surface area contributed by atoms with Gasteiger partial charge in [0.1, 0.15) is 18.1 Å². The fourth-order valence-electron chi connectivity index (χ4n) is 1.21. The van der Waals surface area contributed by atoms with Gasteiger partial charge in [-0.15, -0.1) is 0 Å². The van der Waals surface area contributed by atoms with Crippen LogP contribution in [0.2, 0.25) is 0 Å². The van der Waals surface area contributed by atoms with Crippen molar-refractivity contribution in [2.45, 2.75) is 19.9 Å². The Balaban J connectivity index is 2.30. The van der Waals surface area contributed by atoms with Crippen molar-refractivity contribution < 1.29 is 9.47 Å². The Kier molecular flexibility index (Phi) is 4.98. The summed E-state index contributed by atoms with van der Waals surface area (Å²) in [5, 5.41) is 3.29. The van der Waals surface area contributed by atoms with Crippen LogP contribution in [0.15, 0.2) is 24.3 Å². The molecular weight excluding hydrogens is 190 g/mol. The highest BCUT2D eigenvalue weighted by molar-refractivity contribution is 5.32. The van der Waals surface area contributed by atoms with Crippen molar-refractivity contribution in [2.75, 3.05) is 20.3 Å². The second-order valence-corrected chi connectivity index (χ2v) is 3.64. The standard InChI is InChI=1S/C12H19NO2/c1-10(2)13-7-8-15-12-6-4-5-11(9-12)14-3/h4-6,9-10,13H,7-8H2,1-3H3. The van der Waals surface area contributed by atoms with Crippen molar-refractivity contribution in [2.24, 2.45) is 0 Å². The van der Waals surface area contributed by atoms with Gasteiger partial charge in [-0.1, -0.05) is 19.9 Å². The highest BCUT2D eigenvalue weighted by Gasteiger charge is 1.96. The molecule has 1 rings (SSSR count). The molecule has 0 heterocycles. The molecule has 0 fully saturated rings. The molecule has 1 N–H and O–H groups in total. The van der Waals surface area contributed by atoms with Crippen molar-refractivity contribution >= 4 is 0 Å². The lowest BCUT2D eigenvalue weighted by Crippen LogP contribution is -2.27. The SMILES string of the molecule is COc1cccc(OCCNC(C)C)c1. The van der Waals surface area contributed by atoms with E-state index in [1.54, 1.807) is 7.11 Å². The van der Waals surface area contributed by atoms with E-state index >= 15 is 0 Å². The average Bonchev–Trinajstić information content (AvgIpc) is 2.24. The van der Waals surface area contributed by atoms with Gasteiger partial charge in [0.25, 0.3) is 0 Å². The molecule has 0 aliphatic carbocycles. The minimum atomic E-state index is 0.499. The van der Waals surface area contributed by atoms with E-state index in [-0.39, 0.29) is 0 Å². The van der Waals surface area contributed by atoms with Gasteiger partial charge in [0, 0.05) is 18.7 Å². The van der Waals surface area contributed by atoms with Gasteiger partial charge in [-0.3, -0.25) is 0 Å². The Morgan fingerprint density at radius 2 is 2.00 bits per heavy atom. The molecule has 0 aliphatic heterocycles. The van der Waals surface area contributed by atoms with Crippen molar-refractivity contribution in [3.8, 4) is 11.5 Å². The number of hydrogen-bond donors (Lipinski definition) is 1. The number of nitrogens with one attached hydrogen (secondary N) is 1. The van der Waals surface area contributed by atoms with Crippen molar-refractivity contribution in [3.63, 3.8) is 0 Å². The number of rotatable bonds is 6. The maximum absolute atomic E-state index is 5.56. The van der Waals surface area contributed by atoms with Crippen LogP contribution in [0.3, 0.4) is 0 Å². The van der Waals surface area contributed by atoms with Gasteiger partial charge in [-0.2, -0.15) is 0 Å². The molecule has 0 radical (unpaired) electrons. The van der Waals surface area contributed by atoms with Crippen LogP contribution in [-0.4, -0.2) is 26.3 Å². The molecule has 3 nitrogen and oxygen atoms in total. The first-order valence-corrected chi connectivity index (χ1v) is 5.22. The first-order valence-electron chi connectivity index (χ1n) is 5.22. The van der Waals surface area contributed by atoms with E-state index in [4.69, 9.17) is 9.47 Å². The van der Waals surface area contributed by atoms with Crippen LogP contribution >= 0.6 is 0 Å². The Bertz CT molecular complexity index is 287. The summed E-state index contributed by atoms with van der Waals surface area (Å²) in [6, 6.07) is 8.13. The zero-order valence-corrected chi connectivity index (χ0v) is 9.62. The summed E-state index contributed by atoms with van der Waals surface area (Å²) >= 11 is 0. The van der Waals surface area contributed by atoms with Gasteiger partial charge in [-0.25, -0.2) is 0 Å². The van der Waals surface area contributed by atoms with E-state index in [0.29, 0.717) is 12.6 Å². The molecule has 0 atom stereocenters. The summed E-state index contributed by atoms with van der Waals surface area (Å²) in [7, 11) is 1.65. The lowest BCUT2D eigenvalue weighted by Gasteiger charge is -2.10. The third-order valence-corrected chi connectivity index (χ3v) is 1.96. The Morgan fingerprint density at radius 3 is 2.67 bits per heavy atom. The predicted octanol–water partition coefficient (Wildman–Crippen LogP) is 2.07. The van der Waals surface area contributed by atoms with Crippen LogP contribution in [0.1, 0.15) is 13.8 Å². The van der Waals surface area contributed by atoms with Crippen LogP contribution in [0.25, 0.3) is 0 Å². The molecule has 0 bridgehead atoms. The average molecular weight is 209 g/mol. The molecule has 0 spiro atoms.